The zero-order valence-corrected chi connectivity index (χ0v) is 15.0. The van der Waals surface area contributed by atoms with Crippen LogP contribution in [0.25, 0.3) is 5.82 Å². The molecule has 1 saturated carbocycles. The maximum Gasteiger partial charge on any atom is 0.252 e. The molecule has 2 heterocycles. The first-order chi connectivity index (χ1) is 12.0. The summed E-state index contributed by atoms with van der Waals surface area (Å²) in [5.41, 5.74) is 1.64. The average Bonchev–Trinajstić information content (AvgIpc) is 2.80. The summed E-state index contributed by atoms with van der Waals surface area (Å²) in [6.07, 6.45) is 7.42. The van der Waals surface area contributed by atoms with Gasteiger partial charge in [0.15, 0.2) is 5.82 Å². The Hall–Kier alpha value is -2.21. The summed E-state index contributed by atoms with van der Waals surface area (Å²) in [5, 5.41) is 17.9. The number of hydrogen-bond acceptors (Lipinski definition) is 4. The van der Waals surface area contributed by atoms with Crippen LogP contribution in [0.4, 0.5) is 0 Å². The van der Waals surface area contributed by atoms with Crippen molar-refractivity contribution in [3.63, 3.8) is 0 Å². The number of aromatic nitrogens is 3. The molecule has 0 bridgehead atoms. The van der Waals surface area contributed by atoms with Gasteiger partial charge in [-0.15, -0.1) is 0 Å². The van der Waals surface area contributed by atoms with E-state index in [1.54, 1.807) is 23.0 Å². The molecule has 1 fully saturated rings. The summed E-state index contributed by atoms with van der Waals surface area (Å²) < 4.78 is 1.76. The van der Waals surface area contributed by atoms with Crippen LogP contribution in [0.15, 0.2) is 24.4 Å². The maximum atomic E-state index is 12.3. The van der Waals surface area contributed by atoms with E-state index in [2.05, 4.69) is 15.4 Å². The second-order valence-corrected chi connectivity index (χ2v) is 7.07. The molecule has 0 unspecified atom stereocenters. The summed E-state index contributed by atoms with van der Waals surface area (Å²) in [5.74, 6) is 0.481. The highest BCUT2D eigenvalue weighted by Crippen LogP contribution is 2.26. The van der Waals surface area contributed by atoms with Gasteiger partial charge in [-0.1, -0.05) is 25.7 Å². The largest absolute Gasteiger partial charge is 0.388 e. The predicted octanol–water partition coefficient (Wildman–Crippen LogP) is 2.70. The molecule has 2 aromatic rings. The highest BCUT2D eigenvalue weighted by atomic mass is 16.3. The molecule has 1 aliphatic rings. The van der Waals surface area contributed by atoms with E-state index in [0.29, 0.717) is 17.9 Å². The molecule has 0 saturated heterocycles. The number of aryl methyl sites for hydroxylation is 2. The lowest BCUT2D eigenvalue weighted by Gasteiger charge is -2.26. The van der Waals surface area contributed by atoms with E-state index < -0.39 is 5.60 Å². The summed E-state index contributed by atoms with van der Waals surface area (Å²) in [4.78, 5) is 16.7. The lowest BCUT2D eigenvalue weighted by Crippen LogP contribution is -2.42. The van der Waals surface area contributed by atoms with Crippen LogP contribution in [0.1, 0.15) is 60.3 Å². The molecule has 1 aliphatic carbocycles. The zero-order valence-electron chi connectivity index (χ0n) is 15.0. The first-order valence-corrected chi connectivity index (χ1v) is 8.97. The second-order valence-electron chi connectivity index (χ2n) is 7.07. The monoisotopic (exact) mass is 342 g/mol. The van der Waals surface area contributed by atoms with E-state index in [1.807, 2.05) is 19.9 Å². The van der Waals surface area contributed by atoms with E-state index in [4.69, 9.17) is 0 Å². The summed E-state index contributed by atoms with van der Waals surface area (Å²) in [6.45, 7) is 4.20. The molecule has 25 heavy (non-hydrogen) atoms. The van der Waals surface area contributed by atoms with Crippen LogP contribution in [0, 0.1) is 13.8 Å². The minimum Gasteiger partial charge on any atom is -0.388 e. The number of rotatable bonds is 4. The van der Waals surface area contributed by atoms with Crippen molar-refractivity contribution in [1.29, 1.82) is 0 Å². The quantitative estimate of drug-likeness (QED) is 0.837. The molecule has 0 radical (unpaired) electrons. The van der Waals surface area contributed by atoms with Crippen LogP contribution in [0.2, 0.25) is 0 Å². The van der Waals surface area contributed by atoms with Crippen molar-refractivity contribution in [1.82, 2.24) is 20.1 Å². The first-order valence-electron chi connectivity index (χ1n) is 8.97. The van der Waals surface area contributed by atoms with E-state index in [9.17, 15) is 9.90 Å². The average molecular weight is 342 g/mol. The number of carbonyl (C=O) groups excluding carboxylic acids is 1. The van der Waals surface area contributed by atoms with Crippen molar-refractivity contribution >= 4 is 5.91 Å². The molecule has 1 amide bonds. The van der Waals surface area contributed by atoms with Crippen molar-refractivity contribution in [2.75, 3.05) is 6.54 Å². The van der Waals surface area contributed by atoms with Gasteiger partial charge in [-0.25, -0.2) is 9.67 Å². The third-order valence-electron chi connectivity index (χ3n) is 4.85. The minimum absolute atomic E-state index is 0.204. The van der Waals surface area contributed by atoms with Gasteiger partial charge in [0.25, 0.3) is 5.91 Å². The molecular weight excluding hydrogens is 316 g/mol. The Balaban J connectivity index is 1.63. The number of pyridine rings is 1. The van der Waals surface area contributed by atoms with Gasteiger partial charge in [0.2, 0.25) is 0 Å². The highest BCUT2D eigenvalue weighted by Gasteiger charge is 2.28. The Morgan fingerprint density at radius 3 is 2.52 bits per heavy atom. The lowest BCUT2D eigenvalue weighted by molar-refractivity contribution is 0.0246. The van der Waals surface area contributed by atoms with E-state index in [0.717, 1.165) is 49.9 Å². The Morgan fingerprint density at radius 2 is 1.96 bits per heavy atom. The molecule has 3 rings (SSSR count). The van der Waals surface area contributed by atoms with Crippen molar-refractivity contribution in [3.05, 3.63) is 41.3 Å². The molecule has 134 valence electrons. The maximum absolute atomic E-state index is 12.3. The fraction of sp³-hybridized carbons (Fsp3) is 0.526. The standard InChI is InChI=1S/C19H26N4O2/c1-14-11-15(2)23(22-14)17-8-7-16(12-20-17)18(24)21-13-19(25)9-5-3-4-6-10-19/h7-8,11-12,25H,3-6,9-10,13H2,1-2H3,(H,21,24). The number of nitrogens with one attached hydrogen (secondary N) is 1. The molecular formula is C19H26N4O2. The molecule has 0 aromatic carbocycles. The van der Waals surface area contributed by atoms with Crippen molar-refractivity contribution in [2.24, 2.45) is 0 Å². The number of nitrogens with zero attached hydrogens (tertiary/aromatic N) is 3. The normalized spacial score (nSPS) is 17.1. The molecule has 6 heteroatoms. The number of aliphatic hydroxyl groups is 1. The summed E-state index contributed by atoms with van der Waals surface area (Å²) in [7, 11) is 0. The lowest BCUT2D eigenvalue weighted by atomic mass is 9.94. The Morgan fingerprint density at radius 1 is 1.24 bits per heavy atom. The zero-order chi connectivity index (χ0) is 17.9. The minimum atomic E-state index is -0.775. The van der Waals surface area contributed by atoms with Gasteiger partial charge >= 0.3 is 0 Å². The molecule has 2 aromatic heterocycles. The van der Waals surface area contributed by atoms with Crippen LogP contribution in [0.5, 0.6) is 0 Å². The third-order valence-corrected chi connectivity index (χ3v) is 4.85. The van der Waals surface area contributed by atoms with Crippen molar-refractivity contribution in [2.45, 2.75) is 58.0 Å². The van der Waals surface area contributed by atoms with Gasteiger partial charge in [-0.3, -0.25) is 4.79 Å². The van der Waals surface area contributed by atoms with Crippen LogP contribution in [-0.2, 0) is 0 Å². The Bertz CT molecular complexity index is 728. The van der Waals surface area contributed by atoms with Gasteiger partial charge in [0, 0.05) is 18.4 Å². The fourth-order valence-corrected chi connectivity index (χ4v) is 3.42. The van der Waals surface area contributed by atoms with Crippen LogP contribution in [0.3, 0.4) is 0 Å². The van der Waals surface area contributed by atoms with E-state index in [-0.39, 0.29) is 5.91 Å². The van der Waals surface area contributed by atoms with E-state index >= 15 is 0 Å². The van der Waals surface area contributed by atoms with Crippen molar-refractivity contribution in [3.8, 4) is 5.82 Å². The number of carbonyl (C=O) groups is 1. The Labute approximate surface area is 148 Å². The number of hydrogen-bond donors (Lipinski definition) is 2. The van der Waals surface area contributed by atoms with Gasteiger partial charge in [0.1, 0.15) is 0 Å². The number of amides is 1. The van der Waals surface area contributed by atoms with Crippen LogP contribution >= 0.6 is 0 Å². The van der Waals surface area contributed by atoms with Crippen LogP contribution < -0.4 is 5.32 Å². The molecule has 0 atom stereocenters. The first kappa shape index (κ1) is 17.6. The smallest absolute Gasteiger partial charge is 0.252 e. The second kappa shape index (κ2) is 7.35. The summed E-state index contributed by atoms with van der Waals surface area (Å²) >= 11 is 0. The molecule has 6 nitrogen and oxygen atoms in total. The topological polar surface area (TPSA) is 80.0 Å². The SMILES string of the molecule is Cc1cc(C)n(-c2ccc(C(=O)NCC3(O)CCCCCC3)cn2)n1. The van der Waals surface area contributed by atoms with Gasteiger partial charge in [-0.2, -0.15) is 5.10 Å². The molecule has 0 aliphatic heterocycles. The van der Waals surface area contributed by atoms with Crippen LogP contribution in [-0.4, -0.2) is 37.9 Å². The molecule has 2 N–H and O–H groups in total. The van der Waals surface area contributed by atoms with Gasteiger partial charge in [0.05, 0.1) is 16.9 Å². The predicted molar refractivity (Wildman–Crippen MR) is 95.8 cm³/mol. The van der Waals surface area contributed by atoms with Gasteiger partial charge in [-0.05, 0) is 44.9 Å². The Kier molecular flexibility index (Phi) is 5.18. The van der Waals surface area contributed by atoms with E-state index in [1.165, 1.54) is 0 Å². The summed E-state index contributed by atoms with van der Waals surface area (Å²) in [6, 6.07) is 5.51. The third kappa shape index (κ3) is 4.25. The van der Waals surface area contributed by atoms with Gasteiger partial charge < -0.3 is 10.4 Å². The fourth-order valence-electron chi connectivity index (χ4n) is 3.42. The van der Waals surface area contributed by atoms with Crippen molar-refractivity contribution < 1.29 is 9.90 Å². The highest BCUT2D eigenvalue weighted by molar-refractivity contribution is 5.93. The molecule has 0 spiro atoms.